The van der Waals surface area contributed by atoms with E-state index in [1.807, 2.05) is 0 Å². The van der Waals surface area contributed by atoms with Gasteiger partial charge in [-0.25, -0.2) is 0 Å². The fraction of sp³-hybridized carbons (Fsp3) is 0.600. The first kappa shape index (κ1) is 22.6. The Morgan fingerprint density at radius 2 is 1.60 bits per heavy atom. The molecular formula is C5H9NV4. The van der Waals surface area contributed by atoms with Crippen LogP contribution in [-0.4, -0.2) is 18.5 Å². The SMILES string of the molecule is CN1C=CCC1.[V].[V].[V].[V]. The Kier molecular flexibility index (Phi) is 30.5. The number of rotatable bonds is 0. The van der Waals surface area contributed by atoms with Crippen LogP contribution in [0.3, 0.4) is 0 Å². The van der Waals surface area contributed by atoms with E-state index in [4.69, 9.17) is 0 Å². The Morgan fingerprint density at radius 1 is 1.10 bits per heavy atom. The van der Waals surface area contributed by atoms with Crippen molar-refractivity contribution in [1.82, 2.24) is 4.90 Å². The second-order valence-corrected chi connectivity index (χ2v) is 1.65. The van der Waals surface area contributed by atoms with E-state index in [1.165, 1.54) is 13.0 Å². The van der Waals surface area contributed by atoms with Crippen LogP contribution in [0, 0.1) is 0 Å². The molecular weight excluding hydrogens is 278 g/mol. The van der Waals surface area contributed by atoms with Gasteiger partial charge >= 0.3 is 0 Å². The zero-order chi connectivity index (χ0) is 4.41. The molecule has 0 N–H and O–H groups in total. The molecule has 1 aliphatic rings. The van der Waals surface area contributed by atoms with Gasteiger partial charge in [0.25, 0.3) is 0 Å². The summed E-state index contributed by atoms with van der Waals surface area (Å²) >= 11 is 0. The molecule has 0 spiro atoms. The van der Waals surface area contributed by atoms with Gasteiger partial charge in [0.15, 0.2) is 0 Å². The van der Waals surface area contributed by atoms with Gasteiger partial charge in [0, 0.05) is 87.8 Å². The van der Waals surface area contributed by atoms with Gasteiger partial charge in [-0.05, 0) is 12.6 Å². The molecule has 0 aromatic carbocycles. The molecule has 1 nitrogen and oxygen atoms in total. The van der Waals surface area contributed by atoms with Crippen molar-refractivity contribution < 1.29 is 74.2 Å². The van der Waals surface area contributed by atoms with Gasteiger partial charge in [0.2, 0.25) is 0 Å². The predicted molar refractivity (Wildman–Crippen MR) is 26.4 cm³/mol. The Bertz CT molecular complexity index is 76.0. The van der Waals surface area contributed by atoms with Crippen LogP contribution >= 0.6 is 0 Å². The minimum Gasteiger partial charge on any atom is -0.380 e. The van der Waals surface area contributed by atoms with E-state index < -0.39 is 0 Å². The molecule has 0 unspecified atom stereocenters. The van der Waals surface area contributed by atoms with E-state index in [9.17, 15) is 0 Å². The largest absolute Gasteiger partial charge is 0.380 e. The van der Waals surface area contributed by atoms with Crippen molar-refractivity contribution in [3.63, 3.8) is 0 Å². The third kappa shape index (κ3) is 9.88. The average molecular weight is 287 g/mol. The Hall–Kier alpha value is 1.88. The molecule has 4 radical (unpaired) electrons. The van der Waals surface area contributed by atoms with E-state index >= 15 is 0 Å². The third-order valence-electron chi connectivity index (χ3n) is 1.01. The Labute approximate surface area is 110 Å². The first-order valence-electron chi connectivity index (χ1n) is 2.26. The maximum atomic E-state index is 2.18. The second kappa shape index (κ2) is 13.5. The molecule has 5 heteroatoms. The topological polar surface area (TPSA) is 3.24 Å². The van der Waals surface area contributed by atoms with Crippen molar-refractivity contribution in [3.05, 3.63) is 12.3 Å². The van der Waals surface area contributed by atoms with E-state index in [2.05, 4.69) is 24.2 Å². The molecule has 0 aliphatic carbocycles. The van der Waals surface area contributed by atoms with Gasteiger partial charge in [-0.1, -0.05) is 6.08 Å². The first-order valence-corrected chi connectivity index (χ1v) is 2.26. The van der Waals surface area contributed by atoms with E-state index in [0.717, 1.165) is 0 Å². The zero-order valence-electron chi connectivity index (χ0n) is 5.80. The smallest absolute Gasteiger partial charge is 0.0204 e. The van der Waals surface area contributed by atoms with Gasteiger partial charge in [0.1, 0.15) is 0 Å². The standard InChI is InChI=1S/C5H9N.4V/c1-6-4-2-3-5-6;;;;/h2,4H,3,5H2,1H3;;;;. The molecule has 1 aliphatic heterocycles. The third-order valence-corrected chi connectivity index (χ3v) is 1.01. The molecule has 0 atom stereocenters. The fourth-order valence-corrected chi connectivity index (χ4v) is 0.607. The average Bonchev–Trinajstić information content (AvgIpc) is 1.86. The monoisotopic (exact) mass is 287 g/mol. The first-order chi connectivity index (χ1) is 2.89. The molecule has 54 valence electrons. The van der Waals surface area contributed by atoms with Crippen LogP contribution in [0.1, 0.15) is 6.42 Å². The second-order valence-electron chi connectivity index (χ2n) is 1.65. The molecule has 1 rings (SSSR count). The summed E-state index contributed by atoms with van der Waals surface area (Å²) in [5.74, 6) is 0. The van der Waals surface area contributed by atoms with Gasteiger partial charge in [-0.2, -0.15) is 0 Å². The maximum Gasteiger partial charge on any atom is 0.0204 e. The predicted octanol–water partition coefficient (Wildman–Crippen LogP) is 0.826. The molecule has 0 amide bonds. The van der Waals surface area contributed by atoms with E-state index in [1.54, 1.807) is 0 Å². The Balaban J connectivity index is -0.0000000450. The van der Waals surface area contributed by atoms with Crippen LogP contribution in [0.2, 0.25) is 0 Å². The van der Waals surface area contributed by atoms with Crippen molar-refractivity contribution in [1.29, 1.82) is 0 Å². The summed E-state index contributed by atoms with van der Waals surface area (Å²) in [6, 6.07) is 0. The van der Waals surface area contributed by atoms with Gasteiger partial charge < -0.3 is 4.90 Å². The van der Waals surface area contributed by atoms with Crippen LogP contribution in [0.25, 0.3) is 0 Å². The van der Waals surface area contributed by atoms with Crippen molar-refractivity contribution in [3.8, 4) is 0 Å². The van der Waals surface area contributed by atoms with Crippen molar-refractivity contribution in [2.75, 3.05) is 13.6 Å². The number of nitrogens with zero attached hydrogens (tertiary/aromatic N) is 1. The van der Waals surface area contributed by atoms with Crippen LogP contribution in [0.4, 0.5) is 0 Å². The molecule has 0 fully saturated rings. The molecule has 10 heavy (non-hydrogen) atoms. The summed E-state index contributed by atoms with van der Waals surface area (Å²) in [6.07, 6.45) is 5.52. The summed E-state index contributed by atoms with van der Waals surface area (Å²) in [5.41, 5.74) is 0. The summed E-state index contributed by atoms with van der Waals surface area (Å²) in [7, 11) is 2.09. The zero-order valence-corrected chi connectivity index (χ0v) is 11.4. The minimum absolute atomic E-state index is 0. The molecule has 0 bridgehead atoms. The van der Waals surface area contributed by atoms with Gasteiger partial charge in [0.05, 0.1) is 0 Å². The van der Waals surface area contributed by atoms with Gasteiger partial charge in [-0.15, -0.1) is 0 Å². The number of hydrogen-bond acceptors (Lipinski definition) is 1. The van der Waals surface area contributed by atoms with Crippen LogP contribution < -0.4 is 0 Å². The van der Waals surface area contributed by atoms with Crippen molar-refractivity contribution in [2.24, 2.45) is 0 Å². The van der Waals surface area contributed by atoms with E-state index in [-0.39, 0.29) is 74.2 Å². The van der Waals surface area contributed by atoms with Crippen LogP contribution in [0.5, 0.6) is 0 Å². The van der Waals surface area contributed by atoms with Gasteiger partial charge in [-0.3, -0.25) is 0 Å². The maximum absolute atomic E-state index is 2.18. The number of hydrogen-bond donors (Lipinski definition) is 0. The van der Waals surface area contributed by atoms with Crippen molar-refractivity contribution in [2.45, 2.75) is 6.42 Å². The summed E-state index contributed by atoms with van der Waals surface area (Å²) in [6.45, 7) is 1.21. The van der Waals surface area contributed by atoms with E-state index in [0.29, 0.717) is 0 Å². The molecule has 0 saturated carbocycles. The molecule has 1 heterocycles. The van der Waals surface area contributed by atoms with Crippen LogP contribution in [0.15, 0.2) is 12.3 Å². The quantitative estimate of drug-likeness (QED) is 0.638. The van der Waals surface area contributed by atoms with Crippen molar-refractivity contribution >= 4 is 0 Å². The normalized spacial score (nSPS) is 11.9. The molecule has 0 saturated heterocycles. The minimum atomic E-state index is 0. The molecule has 0 aromatic rings. The summed E-state index contributed by atoms with van der Waals surface area (Å²) in [5, 5.41) is 0. The molecule has 0 aromatic heterocycles. The fourth-order valence-electron chi connectivity index (χ4n) is 0.607. The summed E-state index contributed by atoms with van der Waals surface area (Å²) < 4.78 is 0. The van der Waals surface area contributed by atoms with Crippen LogP contribution in [-0.2, 0) is 74.2 Å². The summed E-state index contributed by atoms with van der Waals surface area (Å²) in [4.78, 5) is 2.18. The Morgan fingerprint density at radius 3 is 1.70 bits per heavy atom.